The fraction of sp³-hybridized carbons (Fsp3) is 0.200. The third-order valence-electron chi connectivity index (χ3n) is 3.65. The van der Waals surface area contributed by atoms with E-state index in [1.165, 1.54) is 5.56 Å². The number of carboxylic acid groups (broad SMARTS) is 1. The Balaban J connectivity index is 0.00000147. The molecule has 1 aliphatic rings. The third kappa shape index (κ3) is 2.59. The Labute approximate surface area is 139 Å². The van der Waals surface area contributed by atoms with E-state index in [-0.39, 0.29) is 29.6 Å². The summed E-state index contributed by atoms with van der Waals surface area (Å²) in [6, 6.07) is 4.11. The summed E-state index contributed by atoms with van der Waals surface area (Å²) >= 11 is 0. The quantitative estimate of drug-likeness (QED) is 0.594. The van der Waals surface area contributed by atoms with E-state index in [1.54, 1.807) is 18.6 Å². The van der Waals surface area contributed by atoms with Gasteiger partial charge >= 0.3 is 29.6 Å². The van der Waals surface area contributed by atoms with Crippen molar-refractivity contribution in [2.24, 2.45) is 0 Å². The number of carbonyl (C=O) groups excluding carboxylic acids is 1. The number of nitrogens with zero attached hydrogens (tertiary/aromatic N) is 2. The van der Waals surface area contributed by atoms with Crippen LogP contribution in [0.4, 0.5) is 0 Å². The van der Waals surface area contributed by atoms with Gasteiger partial charge in [-0.3, -0.25) is 0 Å². The molecule has 0 N–H and O–H groups in total. The number of rotatable bonds is 2. The van der Waals surface area contributed by atoms with Gasteiger partial charge in [0.2, 0.25) is 0 Å². The molecule has 0 aliphatic heterocycles. The first-order valence-corrected chi connectivity index (χ1v) is 6.17. The van der Waals surface area contributed by atoms with Gasteiger partial charge < -0.3 is 14.5 Å². The van der Waals surface area contributed by atoms with Gasteiger partial charge in [0.25, 0.3) is 0 Å². The Hall–Kier alpha value is -1.36. The largest absolute Gasteiger partial charge is 1.00 e. The van der Waals surface area contributed by atoms with Crippen molar-refractivity contribution in [3.05, 3.63) is 59.2 Å². The standard InChI is InChI=1S/C15H14N2O2.Na/c1-10-13-8-12(15(18)19)3-2-11(13)4-5-14(10)17-7-6-16-9-17;/h3-7,9H,2,8H2,1H3,(H,18,19);/q;+1/p-1. The van der Waals surface area contributed by atoms with Gasteiger partial charge in [0.15, 0.2) is 0 Å². The number of carbonyl (C=O) groups is 1. The minimum Gasteiger partial charge on any atom is -0.545 e. The molecular weight excluding hydrogens is 263 g/mol. The van der Waals surface area contributed by atoms with E-state index in [0.29, 0.717) is 18.4 Å². The number of hydrogen-bond acceptors (Lipinski definition) is 3. The number of benzene rings is 1. The predicted molar refractivity (Wildman–Crippen MR) is 68.8 cm³/mol. The molecule has 0 saturated carbocycles. The molecule has 1 heterocycles. The molecule has 1 aliphatic carbocycles. The number of hydrogen-bond donors (Lipinski definition) is 0. The van der Waals surface area contributed by atoms with Crippen molar-refractivity contribution in [3.63, 3.8) is 0 Å². The fourth-order valence-corrected chi connectivity index (χ4v) is 2.57. The summed E-state index contributed by atoms with van der Waals surface area (Å²) in [7, 11) is 0. The Morgan fingerprint density at radius 1 is 1.40 bits per heavy atom. The van der Waals surface area contributed by atoms with Crippen LogP contribution in [-0.2, 0) is 17.6 Å². The molecule has 5 heteroatoms. The SMILES string of the molecule is Cc1c(-n2ccnc2)ccc2c1CC(C(=O)[O-])=CC2.[Na+]. The summed E-state index contributed by atoms with van der Waals surface area (Å²) in [5.41, 5.74) is 4.79. The molecule has 2 aromatic rings. The topological polar surface area (TPSA) is 58.0 Å². The second-order valence-corrected chi connectivity index (χ2v) is 4.72. The van der Waals surface area contributed by atoms with Gasteiger partial charge in [-0.2, -0.15) is 0 Å². The Bertz CT molecular complexity index is 675. The molecule has 0 unspecified atom stereocenters. The van der Waals surface area contributed by atoms with Crippen LogP contribution in [-0.4, -0.2) is 15.5 Å². The van der Waals surface area contributed by atoms with Crippen molar-refractivity contribution < 1.29 is 39.5 Å². The van der Waals surface area contributed by atoms with Crippen LogP contribution in [0.5, 0.6) is 0 Å². The van der Waals surface area contributed by atoms with Gasteiger partial charge in [-0.25, -0.2) is 4.98 Å². The molecule has 3 rings (SSSR count). The van der Waals surface area contributed by atoms with Gasteiger partial charge in [-0.05, 0) is 48.1 Å². The van der Waals surface area contributed by atoms with Crippen LogP contribution in [0.1, 0.15) is 16.7 Å². The fourth-order valence-electron chi connectivity index (χ4n) is 2.57. The molecule has 0 amide bonds. The first kappa shape index (κ1) is 15.0. The first-order chi connectivity index (χ1) is 9.16. The number of carboxylic acids is 1. The second kappa shape index (κ2) is 5.95. The first-order valence-electron chi connectivity index (χ1n) is 6.17. The number of aromatic nitrogens is 2. The van der Waals surface area contributed by atoms with E-state index < -0.39 is 5.97 Å². The zero-order valence-corrected chi connectivity index (χ0v) is 13.6. The molecule has 0 radical (unpaired) electrons. The molecule has 0 atom stereocenters. The minimum absolute atomic E-state index is 0. The molecule has 4 nitrogen and oxygen atoms in total. The second-order valence-electron chi connectivity index (χ2n) is 4.72. The van der Waals surface area contributed by atoms with Gasteiger partial charge in [0, 0.05) is 18.1 Å². The zero-order chi connectivity index (χ0) is 13.4. The summed E-state index contributed by atoms with van der Waals surface area (Å²) in [5.74, 6) is -1.07. The minimum atomic E-state index is -1.07. The maximum atomic E-state index is 11.0. The third-order valence-corrected chi connectivity index (χ3v) is 3.65. The summed E-state index contributed by atoms with van der Waals surface area (Å²) < 4.78 is 1.94. The summed E-state index contributed by atoms with van der Waals surface area (Å²) in [6.07, 6.45) is 8.19. The molecule has 0 spiro atoms. The normalized spacial score (nSPS) is 13.2. The average molecular weight is 276 g/mol. The molecule has 0 fully saturated rings. The van der Waals surface area contributed by atoms with Crippen LogP contribution < -0.4 is 34.7 Å². The van der Waals surface area contributed by atoms with Crippen LogP contribution in [0.3, 0.4) is 0 Å². The molecule has 20 heavy (non-hydrogen) atoms. The van der Waals surface area contributed by atoms with Gasteiger partial charge in [0.05, 0.1) is 12.3 Å². The number of fused-ring (bicyclic) bond motifs is 1. The zero-order valence-electron chi connectivity index (χ0n) is 11.6. The van der Waals surface area contributed by atoms with E-state index in [1.807, 2.05) is 23.8 Å². The maximum Gasteiger partial charge on any atom is 1.00 e. The smallest absolute Gasteiger partial charge is 0.545 e. The molecule has 0 bridgehead atoms. The van der Waals surface area contributed by atoms with Crippen molar-refractivity contribution >= 4 is 5.97 Å². The van der Waals surface area contributed by atoms with E-state index in [2.05, 4.69) is 11.1 Å². The Morgan fingerprint density at radius 3 is 2.85 bits per heavy atom. The van der Waals surface area contributed by atoms with Crippen molar-refractivity contribution in [1.29, 1.82) is 0 Å². The van der Waals surface area contributed by atoms with E-state index in [0.717, 1.165) is 16.8 Å². The molecule has 0 saturated heterocycles. The Morgan fingerprint density at radius 2 is 2.20 bits per heavy atom. The van der Waals surface area contributed by atoms with Crippen LogP contribution in [0.25, 0.3) is 5.69 Å². The molecule has 96 valence electrons. The average Bonchev–Trinajstić information content (AvgIpc) is 2.92. The maximum absolute atomic E-state index is 11.0. The molecule has 1 aromatic carbocycles. The van der Waals surface area contributed by atoms with Gasteiger partial charge in [-0.1, -0.05) is 12.1 Å². The van der Waals surface area contributed by atoms with Crippen molar-refractivity contribution in [3.8, 4) is 5.69 Å². The predicted octanol–water partition coefficient (Wildman–Crippen LogP) is -2.04. The van der Waals surface area contributed by atoms with E-state index in [4.69, 9.17) is 0 Å². The van der Waals surface area contributed by atoms with E-state index in [9.17, 15) is 9.90 Å². The van der Waals surface area contributed by atoms with Crippen molar-refractivity contribution in [1.82, 2.24) is 9.55 Å². The van der Waals surface area contributed by atoms with Crippen LogP contribution in [0.15, 0.2) is 42.5 Å². The van der Waals surface area contributed by atoms with Crippen LogP contribution >= 0.6 is 0 Å². The molecular formula is C15H13N2NaO2. The van der Waals surface area contributed by atoms with Gasteiger partial charge in [0.1, 0.15) is 0 Å². The number of aliphatic carboxylic acids is 1. The van der Waals surface area contributed by atoms with Gasteiger partial charge in [-0.15, -0.1) is 0 Å². The summed E-state index contributed by atoms with van der Waals surface area (Å²) in [4.78, 5) is 15.0. The molecule has 1 aromatic heterocycles. The van der Waals surface area contributed by atoms with Crippen LogP contribution in [0.2, 0.25) is 0 Å². The monoisotopic (exact) mass is 276 g/mol. The summed E-state index contributed by atoms with van der Waals surface area (Å²) in [5, 5.41) is 11.0. The van der Waals surface area contributed by atoms with Crippen molar-refractivity contribution in [2.45, 2.75) is 19.8 Å². The van der Waals surface area contributed by atoms with Crippen molar-refractivity contribution in [2.75, 3.05) is 0 Å². The van der Waals surface area contributed by atoms with E-state index >= 15 is 0 Å². The number of imidazole rings is 1. The Kier molecular flexibility index (Phi) is 4.48. The van der Waals surface area contributed by atoms with Crippen LogP contribution in [0, 0.1) is 6.92 Å². The number of allylic oxidation sites excluding steroid dienone is 1. The summed E-state index contributed by atoms with van der Waals surface area (Å²) in [6.45, 7) is 2.02.